The molecular weight excluding hydrogens is 802 g/mol. The average Bonchev–Trinajstić information content (AvgIpc) is 3.98. The Labute approximate surface area is 356 Å². The molecule has 1 aliphatic carbocycles. The van der Waals surface area contributed by atoms with Crippen molar-refractivity contribution in [2.75, 3.05) is 6.54 Å². The fourth-order valence-electron chi connectivity index (χ4n) is 9.10. The molecule has 4 aliphatic rings. The van der Waals surface area contributed by atoms with Crippen molar-refractivity contribution in [2.24, 2.45) is 4.99 Å². The first-order chi connectivity index (χ1) is 29.0. The Hall–Kier alpha value is -5.58. The van der Waals surface area contributed by atoms with Gasteiger partial charge in [0.2, 0.25) is 17.7 Å². The summed E-state index contributed by atoms with van der Waals surface area (Å²) in [5, 5.41) is 28.3. The Morgan fingerprint density at radius 3 is 2.62 bits per heavy atom. The molecule has 0 bridgehead atoms. The number of amides is 4. The molecule has 3 aromatic heterocycles. The lowest BCUT2D eigenvalue weighted by Crippen LogP contribution is -2.53. The second-order valence-corrected chi connectivity index (χ2v) is 17.6. The molecule has 1 saturated heterocycles. The van der Waals surface area contributed by atoms with Gasteiger partial charge in [0.05, 0.1) is 30.9 Å². The molecule has 3 unspecified atom stereocenters. The highest BCUT2D eigenvalue weighted by molar-refractivity contribution is 7.15. The third-order valence-corrected chi connectivity index (χ3v) is 13.6. The summed E-state index contributed by atoms with van der Waals surface area (Å²) in [6.07, 6.45) is 7.04. The monoisotopic (exact) mass is 847 g/mol. The first-order valence-corrected chi connectivity index (χ1v) is 21.8. The Morgan fingerprint density at radius 1 is 0.967 bits per heavy atom. The average molecular weight is 848 g/mol. The van der Waals surface area contributed by atoms with E-state index in [1.807, 2.05) is 58.8 Å². The molecule has 0 radical (unpaired) electrons. The van der Waals surface area contributed by atoms with E-state index >= 15 is 0 Å². The lowest BCUT2D eigenvalue weighted by molar-refractivity contribution is -0.137. The van der Waals surface area contributed by atoms with E-state index in [0.717, 1.165) is 83.0 Å². The summed E-state index contributed by atoms with van der Waals surface area (Å²) >= 11 is 7.92. The molecule has 5 aromatic rings. The summed E-state index contributed by atoms with van der Waals surface area (Å²) in [6, 6.07) is 12.3. The number of nitrogens with zero attached hydrogens (tertiary/aromatic N) is 8. The second kappa shape index (κ2) is 16.5. The Kier molecular flexibility index (Phi) is 10.9. The number of halogens is 1. The van der Waals surface area contributed by atoms with Crippen molar-refractivity contribution in [3.05, 3.63) is 109 Å². The second-order valence-electron chi connectivity index (χ2n) is 16.0. The predicted octanol–water partition coefficient (Wildman–Crippen LogP) is 5.69. The maximum atomic E-state index is 13.5. The number of piperidine rings is 1. The quantitative estimate of drug-likeness (QED) is 0.0991. The van der Waals surface area contributed by atoms with E-state index in [-0.39, 0.29) is 55.1 Å². The number of benzene rings is 2. The SMILES string of the molecule is Cc1sc2c(c1C)C(c1ccc(Cl)cc1)=N[C@@H](CC(=O)NCc1cn(CCCCCNC3CCC4c5c(cccc53)C(=O)N4C3CCC(=O)NC3=O)nn1)c1nnc(C)n1-2. The molecular formula is C43H46ClN11O4S. The number of aryl methyl sites for hydroxylation is 3. The van der Waals surface area contributed by atoms with Gasteiger partial charge in [0, 0.05) is 45.6 Å². The van der Waals surface area contributed by atoms with Crippen LogP contribution in [-0.2, 0) is 27.5 Å². The van der Waals surface area contributed by atoms with Crippen LogP contribution in [0.25, 0.3) is 5.00 Å². The molecule has 15 nitrogen and oxygen atoms in total. The van der Waals surface area contributed by atoms with Crippen LogP contribution >= 0.6 is 22.9 Å². The van der Waals surface area contributed by atoms with Crippen molar-refractivity contribution >= 4 is 52.3 Å². The summed E-state index contributed by atoms with van der Waals surface area (Å²) < 4.78 is 3.85. The lowest BCUT2D eigenvalue weighted by Gasteiger charge is -2.38. The molecule has 60 heavy (non-hydrogen) atoms. The van der Waals surface area contributed by atoms with Gasteiger partial charge in [-0.2, -0.15) is 0 Å². The normalized spacial score (nSPS) is 20.6. The molecule has 3 aliphatic heterocycles. The van der Waals surface area contributed by atoms with Crippen LogP contribution in [0.15, 0.2) is 53.7 Å². The number of rotatable bonds is 13. The van der Waals surface area contributed by atoms with E-state index in [1.54, 1.807) is 16.2 Å². The van der Waals surface area contributed by atoms with E-state index in [2.05, 4.69) is 56.4 Å². The molecule has 3 N–H and O–H groups in total. The number of unbranched alkanes of at least 4 members (excludes halogenated alkanes) is 2. The molecule has 4 atom stereocenters. The van der Waals surface area contributed by atoms with Crippen molar-refractivity contribution in [2.45, 2.75) is 109 Å². The van der Waals surface area contributed by atoms with E-state index in [1.165, 1.54) is 4.88 Å². The number of thiophene rings is 1. The van der Waals surface area contributed by atoms with E-state index in [9.17, 15) is 19.2 Å². The Bertz CT molecular complexity index is 2540. The molecule has 0 saturated carbocycles. The van der Waals surface area contributed by atoms with Gasteiger partial charge in [-0.3, -0.25) is 38.7 Å². The van der Waals surface area contributed by atoms with Gasteiger partial charge in [-0.05, 0) is 94.3 Å². The zero-order valence-electron chi connectivity index (χ0n) is 33.7. The van der Waals surface area contributed by atoms with Crippen LogP contribution in [0.4, 0.5) is 0 Å². The minimum Gasteiger partial charge on any atom is -0.350 e. The minimum absolute atomic E-state index is 0.0808. The van der Waals surface area contributed by atoms with Gasteiger partial charge >= 0.3 is 0 Å². The highest BCUT2D eigenvalue weighted by Gasteiger charge is 2.47. The van der Waals surface area contributed by atoms with Crippen LogP contribution < -0.4 is 16.0 Å². The lowest BCUT2D eigenvalue weighted by atomic mass is 9.83. The minimum atomic E-state index is -0.620. The van der Waals surface area contributed by atoms with E-state index in [0.29, 0.717) is 35.1 Å². The number of aromatic nitrogens is 6. The summed E-state index contributed by atoms with van der Waals surface area (Å²) in [4.78, 5) is 59.6. The van der Waals surface area contributed by atoms with Crippen LogP contribution in [0, 0.1) is 20.8 Å². The third kappa shape index (κ3) is 7.45. The number of aliphatic imine (C=N–C) groups is 1. The molecule has 0 spiro atoms. The van der Waals surface area contributed by atoms with Gasteiger partial charge in [0.1, 0.15) is 28.6 Å². The molecule has 2 aromatic carbocycles. The molecule has 4 amide bonds. The fraction of sp³-hybridized carbons (Fsp3) is 0.419. The van der Waals surface area contributed by atoms with Gasteiger partial charge in [-0.25, -0.2) is 0 Å². The Morgan fingerprint density at radius 2 is 1.80 bits per heavy atom. The van der Waals surface area contributed by atoms with Gasteiger partial charge in [0.15, 0.2) is 5.82 Å². The number of fused-ring (bicyclic) bond motifs is 3. The zero-order chi connectivity index (χ0) is 41.7. The number of carbonyl (C=O) groups excluding carboxylic acids is 4. The van der Waals surface area contributed by atoms with Crippen molar-refractivity contribution in [1.82, 2.24) is 50.6 Å². The van der Waals surface area contributed by atoms with Crippen LogP contribution in [0.3, 0.4) is 0 Å². The predicted molar refractivity (Wildman–Crippen MR) is 225 cm³/mol. The van der Waals surface area contributed by atoms with Gasteiger partial charge in [0.25, 0.3) is 5.91 Å². The van der Waals surface area contributed by atoms with Gasteiger partial charge < -0.3 is 15.5 Å². The summed E-state index contributed by atoms with van der Waals surface area (Å²) in [6.45, 7) is 7.89. The number of hydrogen-bond donors (Lipinski definition) is 3. The third-order valence-electron chi connectivity index (χ3n) is 12.2. The van der Waals surface area contributed by atoms with Crippen molar-refractivity contribution < 1.29 is 19.2 Å². The molecule has 9 rings (SSSR count). The van der Waals surface area contributed by atoms with E-state index < -0.39 is 12.1 Å². The smallest absolute Gasteiger partial charge is 0.255 e. The maximum Gasteiger partial charge on any atom is 0.255 e. The Balaban J connectivity index is 0.764. The van der Waals surface area contributed by atoms with Crippen LogP contribution in [0.5, 0.6) is 0 Å². The van der Waals surface area contributed by atoms with Crippen LogP contribution in [0.2, 0.25) is 5.02 Å². The maximum absolute atomic E-state index is 13.5. The first kappa shape index (κ1) is 39.9. The van der Waals surface area contributed by atoms with Crippen LogP contribution in [-0.4, -0.2) is 76.6 Å². The molecule has 6 heterocycles. The van der Waals surface area contributed by atoms with Crippen molar-refractivity contribution in [3.63, 3.8) is 0 Å². The molecule has 1 fully saturated rings. The standard InChI is InChI=1S/C43H46ClN11O4S/c1-23-24(2)60-43-37(23)39(26-10-12-27(44)13-11-26)47-32(40-51-49-25(3)54(40)43)20-36(57)46-21-28-22-53(52-50-28)19-6-4-5-18-45-31-14-15-33-38-29(31)8-7-9-30(38)42(59)55(33)34-16-17-35(56)48-41(34)58/h7-13,22,31-34,45H,4-6,14-21H2,1-3H3,(H,46,57)(H,48,56,58)/t31?,32-,33?,34?/m0/s1. The highest BCUT2D eigenvalue weighted by atomic mass is 35.5. The fourth-order valence-corrected chi connectivity index (χ4v) is 10.4. The van der Waals surface area contributed by atoms with Gasteiger partial charge in [-0.15, -0.1) is 26.6 Å². The van der Waals surface area contributed by atoms with Crippen molar-refractivity contribution in [3.8, 4) is 5.00 Å². The largest absolute Gasteiger partial charge is 0.350 e. The van der Waals surface area contributed by atoms with Crippen LogP contribution in [0.1, 0.15) is 130 Å². The summed E-state index contributed by atoms with van der Waals surface area (Å²) in [5.41, 5.74) is 7.35. The first-order valence-electron chi connectivity index (χ1n) is 20.6. The summed E-state index contributed by atoms with van der Waals surface area (Å²) in [5.74, 6) is 0.397. The van der Waals surface area contributed by atoms with E-state index in [4.69, 9.17) is 16.6 Å². The number of imide groups is 1. The number of carbonyl (C=O) groups is 4. The topological polar surface area (TPSA) is 181 Å². The van der Waals surface area contributed by atoms with Crippen molar-refractivity contribution in [1.29, 1.82) is 0 Å². The molecule has 310 valence electrons. The molecule has 17 heteroatoms. The number of hydrogen-bond acceptors (Lipinski definition) is 11. The highest BCUT2D eigenvalue weighted by Crippen LogP contribution is 2.48. The number of nitrogens with one attached hydrogen (secondary N) is 3. The summed E-state index contributed by atoms with van der Waals surface area (Å²) in [7, 11) is 0. The zero-order valence-corrected chi connectivity index (χ0v) is 35.3. The van der Waals surface area contributed by atoms with Gasteiger partial charge in [-0.1, -0.05) is 47.5 Å².